The summed E-state index contributed by atoms with van der Waals surface area (Å²) in [6.45, 7) is 0. The number of benzene rings is 2. The van der Waals surface area contributed by atoms with E-state index in [9.17, 15) is 9.90 Å². The minimum Gasteiger partial charge on any atom is -0.544 e. The van der Waals surface area contributed by atoms with Crippen LogP contribution in [0.4, 0.5) is 0 Å². The Bertz CT molecular complexity index is 951. The van der Waals surface area contributed by atoms with Crippen molar-refractivity contribution < 1.29 is 15.2 Å². The zero-order chi connectivity index (χ0) is 16.8. The summed E-state index contributed by atoms with van der Waals surface area (Å²) in [5.74, 6) is -1.06. The van der Waals surface area contributed by atoms with Crippen LogP contribution >= 0.6 is 23.2 Å². The van der Waals surface area contributed by atoms with Crippen LogP contribution in [0.15, 0.2) is 42.5 Å². The van der Waals surface area contributed by atoms with Crippen LogP contribution in [0.2, 0.25) is 10.0 Å². The van der Waals surface area contributed by atoms with Gasteiger partial charge in [0.2, 0.25) is 0 Å². The molecular weight excluding hydrogens is 347 g/mol. The molecular formula is C18H14Cl2N2O2. The number of carboxylic acid groups (broad SMARTS) is 1. The zero-order valence-electron chi connectivity index (χ0n) is 12.6. The van der Waals surface area contributed by atoms with Gasteiger partial charge in [0.15, 0.2) is 6.04 Å². The Kier molecular flexibility index (Phi) is 3.76. The lowest BCUT2D eigenvalue weighted by atomic mass is 9.90. The summed E-state index contributed by atoms with van der Waals surface area (Å²) in [6, 6.07) is 12.5. The maximum absolute atomic E-state index is 11.5. The van der Waals surface area contributed by atoms with Crippen LogP contribution in [-0.4, -0.2) is 17.0 Å². The zero-order valence-corrected chi connectivity index (χ0v) is 14.1. The van der Waals surface area contributed by atoms with E-state index in [4.69, 9.17) is 23.2 Å². The Morgan fingerprint density at radius 2 is 1.96 bits per heavy atom. The summed E-state index contributed by atoms with van der Waals surface area (Å²) in [4.78, 5) is 15.0. The maximum Gasteiger partial charge on any atom is 0.153 e. The highest BCUT2D eigenvalue weighted by Crippen LogP contribution is 2.33. The molecule has 24 heavy (non-hydrogen) atoms. The molecule has 2 atom stereocenters. The number of hydrogen-bond acceptors (Lipinski definition) is 2. The first-order valence-corrected chi connectivity index (χ1v) is 8.40. The molecule has 0 aliphatic carbocycles. The van der Waals surface area contributed by atoms with Crippen LogP contribution in [0.3, 0.4) is 0 Å². The normalized spacial score (nSPS) is 20.1. The summed E-state index contributed by atoms with van der Waals surface area (Å²) in [7, 11) is 0. The van der Waals surface area contributed by atoms with Gasteiger partial charge in [-0.25, -0.2) is 0 Å². The fraction of sp³-hybridized carbons (Fsp3) is 0.167. The second-order valence-corrected chi connectivity index (χ2v) is 6.85. The van der Waals surface area contributed by atoms with Crippen molar-refractivity contribution in [2.45, 2.75) is 18.5 Å². The Labute approximate surface area is 148 Å². The van der Waals surface area contributed by atoms with Crippen molar-refractivity contribution >= 4 is 40.1 Å². The first-order valence-electron chi connectivity index (χ1n) is 7.65. The second-order valence-electron chi connectivity index (χ2n) is 6.04. The molecule has 0 amide bonds. The lowest BCUT2D eigenvalue weighted by Crippen LogP contribution is -2.95. The van der Waals surface area contributed by atoms with Crippen molar-refractivity contribution in [3.05, 3.63) is 69.3 Å². The minimum atomic E-state index is -1.06. The van der Waals surface area contributed by atoms with Crippen molar-refractivity contribution in [2.24, 2.45) is 0 Å². The number of halogens is 2. The molecule has 6 heteroatoms. The Morgan fingerprint density at radius 3 is 2.71 bits per heavy atom. The molecule has 0 radical (unpaired) electrons. The number of carbonyl (C=O) groups excluding carboxylic acids is 1. The van der Waals surface area contributed by atoms with E-state index in [1.807, 2.05) is 35.6 Å². The van der Waals surface area contributed by atoms with Crippen LogP contribution in [0.5, 0.6) is 0 Å². The van der Waals surface area contributed by atoms with Crippen LogP contribution in [-0.2, 0) is 11.2 Å². The number of fused-ring (bicyclic) bond motifs is 3. The molecule has 0 unspecified atom stereocenters. The maximum atomic E-state index is 11.5. The number of aliphatic carboxylic acids is 1. The van der Waals surface area contributed by atoms with Crippen LogP contribution in [0, 0.1) is 0 Å². The molecule has 2 aromatic carbocycles. The topological polar surface area (TPSA) is 72.5 Å². The van der Waals surface area contributed by atoms with Crippen LogP contribution < -0.4 is 10.4 Å². The average molecular weight is 361 g/mol. The number of nitrogens with one attached hydrogen (secondary N) is 1. The SMILES string of the molecule is O=C([O-])[C@@H]1Cc2c([nH]c3ccccc23)[C@H](c2ccc(Cl)c(Cl)c2)[NH2+]1. The Morgan fingerprint density at radius 1 is 1.17 bits per heavy atom. The van der Waals surface area contributed by atoms with Gasteiger partial charge < -0.3 is 20.2 Å². The molecule has 1 aromatic heterocycles. The lowest BCUT2D eigenvalue weighted by Gasteiger charge is -2.29. The van der Waals surface area contributed by atoms with Gasteiger partial charge in [0, 0.05) is 22.9 Å². The van der Waals surface area contributed by atoms with E-state index >= 15 is 0 Å². The van der Waals surface area contributed by atoms with Crippen molar-refractivity contribution in [2.75, 3.05) is 0 Å². The van der Waals surface area contributed by atoms with Gasteiger partial charge in [-0.15, -0.1) is 0 Å². The number of aromatic nitrogens is 1. The summed E-state index contributed by atoms with van der Waals surface area (Å²) < 4.78 is 0. The van der Waals surface area contributed by atoms with E-state index in [-0.39, 0.29) is 6.04 Å². The molecule has 0 saturated heterocycles. The number of quaternary nitrogens is 1. The first kappa shape index (κ1) is 15.5. The van der Waals surface area contributed by atoms with E-state index < -0.39 is 12.0 Å². The van der Waals surface area contributed by atoms with E-state index in [1.165, 1.54) is 0 Å². The predicted molar refractivity (Wildman–Crippen MR) is 91.0 cm³/mol. The highest BCUT2D eigenvalue weighted by Gasteiger charge is 2.34. The summed E-state index contributed by atoms with van der Waals surface area (Å²) in [5.41, 5.74) is 3.94. The number of H-pyrrole nitrogens is 1. The summed E-state index contributed by atoms with van der Waals surface area (Å²) in [6.07, 6.45) is 0.430. The molecule has 0 fully saturated rings. The standard InChI is InChI=1S/C18H14Cl2N2O2/c19-12-6-5-9(7-13(12)20)16-17-11(8-15(22-16)18(23)24)10-3-1-2-4-14(10)21-17/h1-7,15-16,21-22H,8H2,(H,23,24)/t15-,16-/m0/s1. The quantitative estimate of drug-likeness (QED) is 0.731. The van der Waals surface area contributed by atoms with Gasteiger partial charge in [0.25, 0.3) is 0 Å². The third kappa shape index (κ3) is 2.47. The van der Waals surface area contributed by atoms with E-state index in [0.717, 1.165) is 27.7 Å². The molecule has 3 aromatic rings. The summed E-state index contributed by atoms with van der Waals surface area (Å²) in [5, 5.41) is 15.3. The van der Waals surface area contributed by atoms with Gasteiger partial charge in [-0.05, 0) is 23.8 Å². The highest BCUT2D eigenvalue weighted by atomic mass is 35.5. The van der Waals surface area contributed by atoms with E-state index in [2.05, 4.69) is 4.98 Å². The van der Waals surface area contributed by atoms with Crippen molar-refractivity contribution in [3.63, 3.8) is 0 Å². The summed E-state index contributed by atoms with van der Waals surface area (Å²) >= 11 is 12.2. The van der Waals surface area contributed by atoms with Crippen molar-refractivity contribution in [1.82, 2.24) is 4.98 Å². The molecule has 4 rings (SSSR count). The molecule has 3 N–H and O–H groups in total. The minimum absolute atomic E-state index is 0.196. The molecule has 0 bridgehead atoms. The van der Waals surface area contributed by atoms with Crippen LogP contribution in [0.1, 0.15) is 22.9 Å². The third-order valence-electron chi connectivity index (χ3n) is 4.61. The number of para-hydroxylation sites is 1. The largest absolute Gasteiger partial charge is 0.544 e. The molecule has 4 nitrogen and oxygen atoms in total. The molecule has 1 aliphatic heterocycles. The van der Waals surface area contributed by atoms with Gasteiger partial charge in [-0.3, -0.25) is 0 Å². The number of rotatable bonds is 2. The highest BCUT2D eigenvalue weighted by molar-refractivity contribution is 6.42. The van der Waals surface area contributed by atoms with Crippen molar-refractivity contribution in [3.8, 4) is 0 Å². The number of aromatic amines is 1. The number of nitrogens with two attached hydrogens (primary N) is 1. The second kappa shape index (κ2) is 5.81. The fourth-order valence-corrected chi connectivity index (χ4v) is 3.77. The van der Waals surface area contributed by atoms with E-state index in [1.54, 1.807) is 12.1 Å². The number of hydrogen-bond donors (Lipinski definition) is 2. The van der Waals surface area contributed by atoms with Gasteiger partial charge >= 0.3 is 0 Å². The molecule has 2 heterocycles. The monoisotopic (exact) mass is 360 g/mol. The van der Waals surface area contributed by atoms with Crippen molar-refractivity contribution in [1.29, 1.82) is 0 Å². The van der Waals surface area contributed by atoms with Crippen LogP contribution in [0.25, 0.3) is 10.9 Å². The first-order chi connectivity index (χ1) is 11.5. The Hall–Kier alpha value is -2.01. The Balaban J connectivity index is 1.90. The van der Waals surface area contributed by atoms with Gasteiger partial charge in [-0.1, -0.05) is 47.5 Å². The number of carbonyl (C=O) groups is 1. The molecule has 1 aliphatic rings. The van der Waals surface area contributed by atoms with E-state index in [0.29, 0.717) is 16.5 Å². The molecule has 122 valence electrons. The van der Waals surface area contributed by atoms with Gasteiger partial charge in [-0.2, -0.15) is 0 Å². The average Bonchev–Trinajstić information content (AvgIpc) is 2.95. The smallest absolute Gasteiger partial charge is 0.153 e. The lowest BCUT2D eigenvalue weighted by molar-refractivity contribution is -0.717. The molecule has 0 spiro atoms. The molecule has 0 saturated carbocycles. The van der Waals surface area contributed by atoms with Gasteiger partial charge in [0.05, 0.1) is 21.7 Å². The van der Waals surface area contributed by atoms with Gasteiger partial charge in [0.1, 0.15) is 6.04 Å². The third-order valence-corrected chi connectivity index (χ3v) is 5.35. The fourth-order valence-electron chi connectivity index (χ4n) is 3.47. The number of carboxylic acids is 1. The predicted octanol–water partition coefficient (Wildman–Crippen LogP) is 1.80.